The molecule has 3 rings (SSSR count). The SMILES string of the molecule is CCNC(=NCCc1ccc(OCC(N)=O)cc1)N(C)Cc1ncc(-c2ccccc2)[nH]1.I. The number of ether oxygens (including phenoxy) is 1. The van der Waals surface area contributed by atoms with Crippen LogP contribution in [0.5, 0.6) is 5.75 Å². The Balaban J connectivity index is 0.00000385. The Hall–Kier alpha value is -3.08. The number of aromatic nitrogens is 2. The van der Waals surface area contributed by atoms with Gasteiger partial charge < -0.3 is 25.7 Å². The Bertz CT molecular complexity index is 1020. The van der Waals surface area contributed by atoms with Crippen LogP contribution in [0.3, 0.4) is 0 Å². The molecule has 176 valence electrons. The molecule has 0 atom stereocenters. The van der Waals surface area contributed by atoms with Crippen LogP contribution in [0.1, 0.15) is 18.3 Å². The lowest BCUT2D eigenvalue weighted by molar-refractivity contribution is -0.119. The van der Waals surface area contributed by atoms with Crippen molar-refractivity contribution in [3.63, 3.8) is 0 Å². The van der Waals surface area contributed by atoms with Crippen LogP contribution in [-0.4, -0.2) is 53.5 Å². The highest BCUT2D eigenvalue weighted by Gasteiger charge is 2.10. The van der Waals surface area contributed by atoms with E-state index in [2.05, 4.69) is 39.2 Å². The summed E-state index contributed by atoms with van der Waals surface area (Å²) in [5.41, 5.74) is 8.34. The number of amides is 1. The fraction of sp³-hybridized carbons (Fsp3) is 0.292. The first kappa shape index (κ1) is 26.2. The molecule has 4 N–H and O–H groups in total. The van der Waals surface area contributed by atoms with Crippen LogP contribution in [0.25, 0.3) is 11.3 Å². The fourth-order valence-electron chi connectivity index (χ4n) is 3.17. The van der Waals surface area contributed by atoms with Crippen molar-refractivity contribution in [3.05, 3.63) is 72.2 Å². The molecular formula is C24H31IN6O2. The van der Waals surface area contributed by atoms with Crippen LogP contribution < -0.4 is 15.8 Å². The molecule has 0 radical (unpaired) electrons. The van der Waals surface area contributed by atoms with E-state index in [0.717, 1.165) is 41.6 Å². The zero-order valence-corrected chi connectivity index (χ0v) is 21.3. The van der Waals surface area contributed by atoms with E-state index in [1.54, 1.807) is 0 Å². The summed E-state index contributed by atoms with van der Waals surface area (Å²) in [5.74, 6) is 1.84. The highest BCUT2D eigenvalue weighted by atomic mass is 127. The first-order valence-electron chi connectivity index (χ1n) is 10.6. The lowest BCUT2D eigenvalue weighted by atomic mass is 10.1. The molecule has 1 amide bonds. The summed E-state index contributed by atoms with van der Waals surface area (Å²) >= 11 is 0. The maximum atomic E-state index is 10.8. The number of aliphatic imine (C=N–C) groups is 1. The van der Waals surface area contributed by atoms with E-state index < -0.39 is 5.91 Å². The van der Waals surface area contributed by atoms with Gasteiger partial charge in [0.25, 0.3) is 5.91 Å². The Labute approximate surface area is 211 Å². The van der Waals surface area contributed by atoms with Gasteiger partial charge in [-0.1, -0.05) is 42.5 Å². The zero-order valence-electron chi connectivity index (χ0n) is 19.0. The molecule has 0 aliphatic rings. The lowest BCUT2D eigenvalue weighted by Gasteiger charge is -2.21. The summed E-state index contributed by atoms with van der Waals surface area (Å²) in [7, 11) is 2.00. The Morgan fingerprint density at radius 3 is 2.58 bits per heavy atom. The minimum Gasteiger partial charge on any atom is -0.484 e. The van der Waals surface area contributed by atoms with Gasteiger partial charge in [0.1, 0.15) is 11.6 Å². The largest absolute Gasteiger partial charge is 0.484 e. The number of carbonyl (C=O) groups is 1. The number of nitrogens with two attached hydrogens (primary N) is 1. The second-order valence-corrected chi connectivity index (χ2v) is 7.35. The second kappa shape index (κ2) is 13.5. The molecule has 0 aliphatic heterocycles. The number of aromatic amines is 1. The van der Waals surface area contributed by atoms with E-state index >= 15 is 0 Å². The number of imidazole rings is 1. The molecule has 0 fully saturated rings. The molecule has 0 saturated heterocycles. The number of hydrogen-bond donors (Lipinski definition) is 3. The Morgan fingerprint density at radius 2 is 1.91 bits per heavy atom. The first-order chi connectivity index (χ1) is 15.5. The quantitative estimate of drug-likeness (QED) is 0.200. The topological polar surface area (TPSA) is 109 Å². The van der Waals surface area contributed by atoms with Crippen LogP contribution in [0.4, 0.5) is 0 Å². The van der Waals surface area contributed by atoms with Crippen LogP contribution in [-0.2, 0) is 17.8 Å². The van der Waals surface area contributed by atoms with Gasteiger partial charge in [0, 0.05) is 20.1 Å². The van der Waals surface area contributed by atoms with Gasteiger partial charge in [-0.15, -0.1) is 24.0 Å². The van der Waals surface area contributed by atoms with E-state index in [1.165, 1.54) is 0 Å². The second-order valence-electron chi connectivity index (χ2n) is 7.35. The number of guanidine groups is 1. The molecular weight excluding hydrogens is 531 g/mol. The summed E-state index contributed by atoms with van der Waals surface area (Å²) in [4.78, 5) is 25.5. The van der Waals surface area contributed by atoms with Crippen LogP contribution in [0.2, 0.25) is 0 Å². The summed E-state index contributed by atoms with van der Waals surface area (Å²) < 4.78 is 5.29. The van der Waals surface area contributed by atoms with Gasteiger partial charge in [-0.3, -0.25) is 9.79 Å². The molecule has 0 saturated carbocycles. The molecule has 3 aromatic rings. The third-order valence-corrected chi connectivity index (χ3v) is 4.76. The lowest BCUT2D eigenvalue weighted by Crippen LogP contribution is -2.38. The van der Waals surface area contributed by atoms with Crippen molar-refractivity contribution in [3.8, 4) is 17.0 Å². The fourth-order valence-corrected chi connectivity index (χ4v) is 3.17. The summed E-state index contributed by atoms with van der Waals surface area (Å²) in [6, 6.07) is 17.7. The summed E-state index contributed by atoms with van der Waals surface area (Å²) in [6.07, 6.45) is 2.65. The summed E-state index contributed by atoms with van der Waals surface area (Å²) in [5, 5.41) is 3.33. The smallest absolute Gasteiger partial charge is 0.255 e. The van der Waals surface area contributed by atoms with Crippen molar-refractivity contribution in [1.29, 1.82) is 0 Å². The van der Waals surface area contributed by atoms with Crippen molar-refractivity contribution in [2.45, 2.75) is 19.9 Å². The number of rotatable bonds is 10. The molecule has 0 bridgehead atoms. The van der Waals surface area contributed by atoms with E-state index in [-0.39, 0.29) is 30.6 Å². The van der Waals surface area contributed by atoms with Gasteiger partial charge in [-0.2, -0.15) is 0 Å². The molecule has 1 heterocycles. The highest BCUT2D eigenvalue weighted by molar-refractivity contribution is 14.0. The van der Waals surface area contributed by atoms with Crippen molar-refractivity contribution in [1.82, 2.24) is 20.2 Å². The van der Waals surface area contributed by atoms with Gasteiger partial charge >= 0.3 is 0 Å². The van der Waals surface area contributed by atoms with E-state index in [4.69, 9.17) is 15.5 Å². The molecule has 8 nitrogen and oxygen atoms in total. The Morgan fingerprint density at radius 1 is 1.18 bits per heavy atom. The van der Waals surface area contributed by atoms with Gasteiger partial charge in [0.2, 0.25) is 0 Å². The average molecular weight is 562 g/mol. The minimum atomic E-state index is -0.491. The highest BCUT2D eigenvalue weighted by Crippen LogP contribution is 2.16. The predicted molar refractivity (Wildman–Crippen MR) is 142 cm³/mol. The van der Waals surface area contributed by atoms with Crippen LogP contribution in [0.15, 0.2) is 65.8 Å². The number of carbonyl (C=O) groups excluding carboxylic acids is 1. The number of halogens is 1. The van der Waals surface area contributed by atoms with Gasteiger partial charge in [-0.25, -0.2) is 4.98 Å². The van der Waals surface area contributed by atoms with Crippen molar-refractivity contribution in [2.24, 2.45) is 10.7 Å². The molecule has 0 spiro atoms. The number of benzene rings is 2. The Kier molecular flexibility index (Phi) is 10.7. The molecule has 2 aromatic carbocycles. The molecule has 0 aliphatic carbocycles. The first-order valence-corrected chi connectivity index (χ1v) is 10.6. The molecule has 0 unspecified atom stereocenters. The third-order valence-electron chi connectivity index (χ3n) is 4.76. The van der Waals surface area contributed by atoms with E-state index in [1.807, 2.05) is 55.7 Å². The van der Waals surface area contributed by atoms with Crippen LogP contribution in [0, 0.1) is 0 Å². The third kappa shape index (κ3) is 8.41. The number of nitrogens with zero attached hydrogens (tertiary/aromatic N) is 3. The van der Waals surface area contributed by atoms with E-state index in [9.17, 15) is 4.79 Å². The van der Waals surface area contributed by atoms with Gasteiger partial charge in [-0.05, 0) is 36.6 Å². The minimum absolute atomic E-state index is 0. The molecule has 1 aromatic heterocycles. The zero-order chi connectivity index (χ0) is 22.8. The van der Waals surface area contributed by atoms with Crippen molar-refractivity contribution in [2.75, 3.05) is 26.7 Å². The van der Waals surface area contributed by atoms with Gasteiger partial charge in [0.05, 0.1) is 18.4 Å². The number of H-pyrrole nitrogens is 1. The van der Waals surface area contributed by atoms with E-state index in [0.29, 0.717) is 18.8 Å². The van der Waals surface area contributed by atoms with Crippen molar-refractivity contribution < 1.29 is 9.53 Å². The molecule has 9 heteroatoms. The normalized spacial score (nSPS) is 10.9. The van der Waals surface area contributed by atoms with Gasteiger partial charge in [0.15, 0.2) is 12.6 Å². The number of hydrogen-bond acceptors (Lipinski definition) is 4. The monoisotopic (exact) mass is 562 g/mol. The summed E-state index contributed by atoms with van der Waals surface area (Å²) in [6.45, 7) is 3.97. The van der Waals surface area contributed by atoms with Crippen LogP contribution >= 0.6 is 24.0 Å². The van der Waals surface area contributed by atoms with Crippen molar-refractivity contribution >= 4 is 35.8 Å². The molecule has 33 heavy (non-hydrogen) atoms. The maximum Gasteiger partial charge on any atom is 0.255 e. The average Bonchev–Trinajstić information content (AvgIpc) is 3.27. The maximum absolute atomic E-state index is 10.8. The number of nitrogens with one attached hydrogen (secondary N) is 2. The number of primary amides is 1. The standard InChI is InChI=1S/C24H30N6O2.HI/c1-3-26-24(27-14-13-18-9-11-20(12-10-18)32-17-22(25)31)30(2)16-23-28-15-21(29-23)19-7-5-4-6-8-19;/h4-12,15H,3,13-14,16-17H2,1-2H3,(H2,25,31)(H,26,27)(H,28,29);1H. The predicted octanol–water partition coefficient (Wildman–Crippen LogP) is 3.20.